The molecule has 0 radical (unpaired) electrons. The van der Waals surface area contributed by atoms with Gasteiger partial charge >= 0.3 is 5.97 Å². The summed E-state index contributed by atoms with van der Waals surface area (Å²) in [5.41, 5.74) is 0. The van der Waals surface area contributed by atoms with E-state index in [1.165, 1.54) is 0 Å². The van der Waals surface area contributed by atoms with Crippen LogP contribution in [0.5, 0.6) is 0 Å². The fourth-order valence-corrected chi connectivity index (χ4v) is 2.32. The van der Waals surface area contributed by atoms with Gasteiger partial charge in [0.2, 0.25) is 0 Å². The lowest BCUT2D eigenvalue weighted by atomic mass is 9.95. The van der Waals surface area contributed by atoms with Crippen LogP contribution in [0.25, 0.3) is 0 Å². The predicted octanol–water partition coefficient (Wildman–Crippen LogP) is 1.25. The van der Waals surface area contributed by atoms with Crippen molar-refractivity contribution in [1.29, 1.82) is 0 Å². The van der Waals surface area contributed by atoms with Gasteiger partial charge in [-0.2, -0.15) is 0 Å². The molecular weight excluding hydrogens is 224 g/mol. The molecule has 1 heterocycles. The molecule has 0 amide bonds. The largest absolute Gasteiger partial charge is 0.462 e. The number of methoxy groups -OCH3 is 1. The number of carbonyl (C=O) groups is 1. The lowest BCUT2D eigenvalue weighted by Crippen LogP contribution is -2.30. The zero-order valence-electron chi connectivity index (χ0n) is 10.2. The SMILES string of the molecule is CO[C@@H]1CCC[C@@H](OC(=O)CC2OCCO2)C1. The predicted molar refractivity (Wildman–Crippen MR) is 59.5 cm³/mol. The molecule has 0 aromatic heterocycles. The topological polar surface area (TPSA) is 54.0 Å². The van der Waals surface area contributed by atoms with Gasteiger partial charge in [0.15, 0.2) is 6.29 Å². The van der Waals surface area contributed by atoms with Crippen LogP contribution in [0.15, 0.2) is 0 Å². The van der Waals surface area contributed by atoms with Gasteiger partial charge in [0.25, 0.3) is 0 Å². The summed E-state index contributed by atoms with van der Waals surface area (Å²) < 4.78 is 21.1. The van der Waals surface area contributed by atoms with E-state index in [4.69, 9.17) is 18.9 Å². The smallest absolute Gasteiger partial charge is 0.311 e. The molecule has 1 aliphatic carbocycles. The summed E-state index contributed by atoms with van der Waals surface area (Å²) in [4.78, 5) is 11.6. The highest BCUT2D eigenvalue weighted by Gasteiger charge is 2.27. The zero-order valence-corrected chi connectivity index (χ0v) is 10.2. The van der Waals surface area contributed by atoms with Gasteiger partial charge in [-0.05, 0) is 19.3 Å². The number of esters is 1. The Hall–Kier alpha value is -0.650. The van der Waals surface area contributed by atoms with E-state index in [1.807, 2.05) is 0 Å². The molecular formula is C12H20O5. The molecule has 0 N–H and O–H groups in total. The Bertz CT molecular complexity index is 249. The Morgan fingerprint density at radius 1 is 1.24 bits per heavy atom. The summed E-state index contributed by atoms with van der Waals surface area (Å²) in [7, 11) is 1.70. The molecule has 2 fully saturated rings. The van der Waals surface area contributed by atoms with Gasteiger partial charge in [-0.1, -0.05) is 0 Å². The third kappa shape index (κ3) is 3.94. The van der Waals surface area contributed by atoms with Gasteiger partial charge in [0.05, 0.1) is 25.7 Å². The van der Waals surface area contributed by atoms with Crippen LogP contribution in [0, 0.1) is 0 Å². The summed E-state index contributed by atoms with van der Waals surface area (Å²) in [5.74, 6) is -0.237. The van der Waals surface area contributed by atoms with Crippen molar-refractivity contribution in [1.82, 2.24) is 0 Å². The van der Waals surface area contributed by atoms with Crippen molar-refractivity contribution in [2.75, 3.05) is 20.3 Å². The molecule has 0 aromatic rings. The molecule has 1 saturated heterocycles. The summed E-state index contributed by atoms with van der Waals surface area (Å²) in [6.07, 6.45) is 3.82. The van der Waals surface area contributed by atoms with Crippen molar-refractivity contribution in [3.05, 3.63) is 0 Å². The van der Waals surface area contributed by atoms with Crippen molar-refractivity contribution < 1.29 is 23.7 Å². The van der Waals surface area contributed by atoms with Gasteiger partial charge < -0.3 is 18.9 Å². The Balaban J connectivity index is 1.70. The van der Waals surface area contributed by atoms with Crippen LogP contribution >= 0.6 is 0 Å². The average Bonchev–Trinajstić information content (AvgIpc) is 2.82. The minimum Gasteiger partial charge on any atom is -0.462 e. The zero-order chi connectivity index (χ0) is 12.1. The van der Waals surface area contributed by atoms with E-state index in [-0.39, 0.29) is 24.6 Å². The second-order valence-corrected chi connectivity index (χ2v) is 4.51. The molecule has 1 aliphatic heterocycles. The molecule has 2 rings (SSSR count). The van der Waals surface area contributed by atoms with Crippen LogP contribution in [-0.4, -0.2) is 44.8 Å². The van der Waals surface area contributed by atoms with Gasteiger partial charge in [0, 0.05) is 13.5 Å². The van der Waals surface area contributed by atoms with Crippen LogP contribution in [0.2, 0.25) is 0 Å². The van der Waals surface area contributed by atoms with Crippen LogP contribution in [0.4, 0.5) is 0 Å². The van der Waals surface area contributed by atoms with Crippen molar-refractivity contribution in [2.45, 2.75) is 50.6 Å². The molecule has 98 valence electrons. The van der Waals surface area contributed by atoms with E-state index >= 15 is 0 Å². The third-order valence-corrected chi connectivity index (χ3v) is 3.23. The molecule has 0 unspecified atom stereocenters. The molecule has 0 aromatic carbocycles. The highest BCUT2D eigenvalue weighted by Crippen LogP contribution is 2.23. The summed E-state index contributed by atoms with van der Waals surface area (Å²) in [6.45, 7) is 1.13. The monoisotopic (exact) mass is 244 g/mol. The van der Waals surface area contributed by atoms with Crippen LogP contribution in [0.3, 0.4) is 0 Å². The van der Waals surface area contributed by atoms with E-state index in [0.29, 0.717) is 13.2 Å². The Kier molecular flexibility index (Phi) is 4.76. The van der Waals surface area contributed by atoms with Gasteiger partial charge in [0.1, 0.15) is 6.10 Å². The highest BCUT2D eigenvalue weighted by atomic mass is 16.7. The first-order valence-electron chi connectivity index (χ1n) is 6.23. The number of carbonyl (C=O) groups excluding carboxylic acids is 1. The first-order chi connectivity index (χ1) is 8.28. The molecule has 2 aliphatic rings. The minimum absolute atomic E-state index is 0.0115. The Labute approximate surface area is 101 Å². The fraction of sp³-hybridized carbons (Fsp3) is 0.917. The number of hydrogen-bond acceptors (Lipinski definition) is 5. The van der Waals surface area contributed by atoms with Gasteiger partial charge in [-0.25, -0.2) is 0 Å². The second kappa shape index (κ2) is 6.33. The Morgan fingerprint density at radius 2 is 1.94 bits per heavy atom. The first kappa shape index (κ1) is 12.8. The molecule has 0 bridgehead atoms. The fourth-order valence-electron chi connectivity index (χ4n) is 2.32. The van der Waals surface area contributed by atoms with Crippen molar-refractivity contribution in [3.63, 3.8) is 0 Å². The molecule has 0 spiro atoms. The van der Waals surface area contributed by atoms with E-state index in [2.05, 4.69) is 0 Å². The van der Waals surface area contributed by atoms with Crippen molar-refractivity contribution >= 4 is 5.97 Å². The van der Waals surface area contributed by atoms with Crippen LogP contribution < -0.4 is 0 Å². The van der Waals surface area contributed by atoms with E-state index in [1.54, 1.807) is 7.11 Å². The maximum absolute atomic E-state index is 11.6. The molecule has 5 heteroatoms. The van der Waals surface area contributed by atoms with Crippen molar-refractivity contribution in [3.8, 4) is 0 Å². The van der Waals surface area contributed by atoms with Gasteiger partial charge in [-0.3, -0.25) is 4.79 Å². The average molecular weight is 244 g/mol. The Morgan fingerprint density at radius 3 is 2.65 bits per heavy atom. The lowest BCUT2D eigenvalue weighted by molar-refractivity contribution is -0.160. The van der Waals surface area contributed by atoms with Gasteiger partial charge in [-0.15, -0.1) is 0 Å². The number of hydrogen-bond donors (Lipinski definition) is 0. The molecule has 1 saturated carbocycles. The van der Waals surface area contributed by atoms with E-state index in [9.17, 15) is 4.79 Å². The van der Waals surface area contributed by atoms with Crippen LogP contribution in [0.1, 0.15) is 32.1 Å². The molecule has 5 nitrogen and oxygen atoms in total. The summed E-state index contributed by atoms with van der Waals surface area (Å²) >= 11 is 0. The van der Waals surface area contributed by atoms with Crippen molar-refractivity contribution in [2.24, 2.45) is 0 Å². The van der Waals surface area contributed by atoms with E-state index in [0.717, 1.165) is 25.7 Å². The number of ether oxygens (including phenoxy) is 4. The van der Waals surface area contributed by atoms with E-state index < -0.39 is 6.29 Å². The summed E-state index contributed by atoms with van der Waals surface area (Å²) in [5, 5.41) is 0. The maximum atomic E-state index is 11.6. The normalized spacial score (nSPS) is 30.4. The minimum atomic E-state index is -0.413. The maximum Gasteiger partial charge on any atom is 0.311 e. The lowest BCUT2D eigenvalue weighted by Gasteiger charge is -2.28. The molecule has 2 atom stereocenters. The second-order valence-electron chi connectivity index (χ2n) is 4.51. The molecule has 17 heavy (non-hydrogen) atoms. The highest BCUT2D eigenvalue weighted by molar-refractivity contribution is 5.70. The summed E-state index contributed by atoms with van der Waals surface area (Å²) in [6, 6.07) is 0. The quantitative estimate of drug-likeness (QED) is 0.697. The standard InChI is InChI=1S/C12H20O5/c1-14-9-3-2-4-10(7-9)17-11(13)8-12-15-5-6-16-12/h9-10,12H,2-8H2,1H3/t9-,10-/m1/s1. The van der Waals surface area contributed by atoms with Crippen LogP contribution in [-0.2, 0) is 23.7 Å². The number of rotatable bonds is 4. The third-order valence-electron chi connectivity index (χ3n) is 3.23. The first-order valence-corrected chi connectivity index (χ1v) is 6.23.